The third-order valence-corrected chi connectivity index (χ3v) is 13.8. The van der Waals surface area contributed by atoms with Gasteiger partial charge in [0.05, 0.1) is 11.1 Å². The molecular formula is C63H42N2. The van der Waals surface area contributed by atoms with Gasteiger partial charge in [-0.1, -0.05) is 194 Å². The highest BCUT2D eigenvalue weighted by Gasteiger charge is 2.54. The lowest BCUT2D eigenvalue weighted by Gasteiger charge is -2.36. The van der Waals surface area contributed by atoms with Gasteiger partial charge in [0.2, 0.25) is 0 Å². The van der Waals surface area contributed by atoms with E-state index in [2.05, 4.69) is 265 Å². The molecule has 2 aliphatic carbocycles. The van der Waals surface area contributed by atoms with Gasteiger partial charge in [-0.3, -0.25) is 0 Å². The predicted octanol–water partition coefficient (Wildman–Crippen LogP) is 16.9. The first kappa shape index (κ1) is 37.1. The number of fused-ring (bicyclic) bond motifs is 13. The van der Waals surface area contributed by atoms with Crippen LogP contribution >= 0.6 is 0 Å². The molecule has 0 heterocycles. The minimum atomic E-state index is -0.568. The van der Waals surface area contributed by atoms with Gasteiger partial charge >= 0.3 is 0 Å². The molecule has 0 radical (unpaired) electrons. The Bertz CT molecular complexity index is 3590. The minimum absolute atomic E-state index is 0.568. The summed E-state index contributed by atoms with van der Waals surface area (Å²) in [4.78, 5) is 4.87. The molecule has 11 aromatic rings. The fraction of sp³-hybridized carbons (Fsp3) is 0.0159. The van der Waals surface area contributed by atoms with Crippen molar-refractivity contribution in [1.82, 2.24) is 0 Å². The molecule has 0 bridgehead atoms. The molecule has 11 aromatic carbocycles. The van der Waals surface area contributed by atoms with E-state index in [4.69, 9.17) is 0 Å². The lowest BCUT2D eigenvalue weighted by atomic mass is 9.68. The van der Waals surface area contributed by atoms with Gasteiger partial charge in [0.1, 0.15) is 0 Å². The average molecular weight is 827 g/mol. The molecule has 0 N–H and O–H groups in total. The normalized spacial score (nSPS) is 14.2. The van der Waals surface area contributed by atoms with Crippen LogP contribution in [0.1, 0.15) is 22.3 Å². The maximum atomic E-state index is 2.49. The number of benzene rings is 11. The first-order valence-electron chi connectivity index (χ1n) is 22.5. The Labute approximate surface area is 379 Å². The quantitative estimate of drug-likeness (QED) is 0.158. The van der Waals surface area contributed by atoms with Gasteiger partial charge in [-0.2, -0.15) is 0 Å². The molecule has 1 unspecified atom stereocenters. The molecule has 0 aromatic heterocycles. The molecule has 2 nitrogen and oxygen atoms in total. The van der Waals surface area contributed by atoms with Crippen LogP contribution in [-0.2, 0) is 5.41 Å². The van der Waals surface area contributed by atoms with Gasteiger partial charge in [-0.15, -0.1) is 0 Å². The maximum Gasteiger partial charge on any atom is 0.0752 e. The average Bonchev–Trinajstić information content (AvgIpc) is 3.85. The van der Waals surface area contributed by atoms with Crippen LogP contribution in [0.15, 0.2) is 255 Å². The van der Waals surface area contributed by atoms with Crippen LogP contribution in [-0.4, -0.2) is 0 Å². The Balaban J connectivity index is 1.03. The van der Waals surface area contributed by atoms with Crippen LogP contribution in [0, 0.1) is 0 Å². The van der Waals surface area contributed by atoms with E-state index >= 15 is 0 Å². The number of anilines is 6. The van der Waals surface area contributed by atoms with Gasteiger partial charge in [-0.25, -0.2) is 0 Å². The smallest absolute Gasteiger partial charge is 0.0752 e. The van der Waals surface area contributed by atoms with E-state index in [1.807, 2.05) is 0 Å². The van der Waals surface area contributed by atoms with Crippen LogP contribution in [0.3, 0.4) is 0 Å². The number of hydrogen-bond acceptors (Lipinski definition) is 2. The number of para-hydroxylation sites is 2. The SMILES string of the molecule is c1ccc(N(c2ccc(-c3cccc4ccccc34)cc2)c2cccc(N(c3ccccc3)c3cccc4c3C3(c5ccccc5-4)c4ccccc4-c4ccc5ccccc5c43)c2)cc1. The second kappa shape index (κ2) is 14.8. The van der Waals surface area contributed by atoms with Crippen molar-refractivity contribution < 1.29 is 0 Å². The first-order valence-corrected chi connectivity index (χ1v) is 22.5. The third-order valence-electron chi connectivity index (χ3n) is 13.8. The van der Waals surface area contributed by atoms with Crippen molar-refractivity contribution in [2.75, 3.05) is 9.80 Å². The van der Waals surface area contributed by atoms with E-state index in [0.717, 1.165) is 34.1 Å². The van der Waals surface area contributed by atoms with Crippen LogP contribution < -0.4 is 9.80 Å². The Morgan fingerprint density at radius 3 is 1.43 bits per heavy atom. The molecular weight excluding hydrogens is 785 g/mol. The Kier molecular flexibility index (Phi) is 8.47. The van der Waals surface area contributed by atoms with E-state index in [0.29, 0.717) is 0 Å². The third kappa shape index (κ3) is 5.60. The van der Waals surface area contributed by atoms with Gasteiger partial charge in [0.25, 0.3) is 0 Å². The van der Waals surface area contributed by atoms with E-state index in [-0.39, 0.29) is 0 Å². The monoisotopic (exact) mass is 826 g/mol. The largest absolute Gasteiger partial charge is 0.310 e. The molecule has 2 aliphatic rings. The molecule has 2 heteroatoms. The first-order chi connectivity index (χ1) is 32.3. The minimum Gasteiger partial charge on any atom is -0.310 e. The summed E-state index contributed by atoms with van der Waals surface area (Å²) in [5.74, 6) is 0. The van der Waals surface area contributed by atoms with Crippen molar-refractivity contribution in [3.8, 4) is 33.4 Å². The molecule has 65 heavy (non-hydrogen) atoms. The number of rotatable bonds is 7. The summed E-state index contributed by atoms with van der Waals surface area (Å²) in [7, 11) is 0. The topological polar surface area (TPSA) is 6.48 Å². The van der Waals surface area contributed by atoms with Gasteiger partial charge in [0, 0.05) is 34.0 Å². The van der Waals surface area contributed by atoms with Crippen LogP contribution in [0.4, 0.5) is 34.1 Å². The second-order valence-electron chi connectivity index (χ2n) is 17.2. The molecule has 1 atom stereocenters. The van der Waals surface area contributed by atoms with Crippen molar-refractivity contribution in [3.05, 3.63) is 277 Å². The van der Waals surface area contributed by atoms with Crippen LogP contribution in [0.25, 0.3) is 54.9 Å². The zero-order valence-corrected chi connectivity index (χ0v) is 35.6. The summed E-state index contributed by atoms with van der Waals surface area (Å²) in [6, 6.07) is 93.8. The highest BCUT2D eigenvalue weighted by Crippen LogP contribution is 2.66. The summed E-state index contributed by atoms with van der Waals surface area (Å²) in [5.41, 5.74) is 18.9. The van der Waals surface area contributed by atoms with E-state index in [1.54, 1.807) is 0 Å². The lowest BCUT2D eigenvalue weighted by Crippen LogP contribution is -2.28. The number of nitrogens with zero attached hydrogens (tertiary/aromatic N) is 2. The number of hydrogen-bond donors (Lipinski definition) is 0. The van der Waals surface area contributed by atoms with E-state index < -0.39 is 5.41 Å². The summed E-state index contributed by atoms with van der Waals surface area (Å²) in [6.45, 7) is 0. The summed E-state index contributed by atoms with van der Waals surface area (Å²) < 4.78 is 0. The molecule has 1 spiro atoms. The zero-order chi connectivity index (χ0) is 42.9. The van der Waals surface area contributed by atoms with Crippen molar-refractivity contribution in [2.24, 2.45) is 0 Å². The predicted molar refractivity (Wildman–Crippen MR) is 273 cm³/mol. The summed E-state index contributed by atoms with van der Waals surface area (Å²) in [6.07, 6.45) is 0. The summed E-state index contributed by atoms with van der Waals surface area (Å²) >= 11 is 0. The Morgan fingerprint density at radius 2 is 0.723 bits per heavy atom. The van der Waals surface area contributed by atoms with Gasteiger partial charge in [-0.05, 0) is 132 Å². The van der Waals surface area contributed by atoms with E-state index in [9.17, 15) is 0 Å². The van der Waals surface area contributed by atoms with Crippen molar-refractivity contribution in [2.45, 2.75) is 5.41 Å². The molecule has 0 saturated heterocycles. The van der Waals surface area contributed by atoms with E-state index in [1.165, 1.54) is 77.2 Å². The molecule has 0 aliphatic heterocycles. The zero-order valence-electron chi connectivity index (χ0n) is 35.6. The molecule has 13 rings (SSSR count). The summed E-state index contributed by atoms with van der Waals surface area (Å²) in [5, 5.41) is 5.04. The van der Waals surface area contributed by atoms with Crippen molar-refractivity contribution in [3.63, 3.8) is 0 Å². The second-order valence-corrected chi connectivity index (χ2v) is 17.2. The Hall–Kier alpha value is -8.46. The van der Waals surface area contributed by atoms with Crippen LogP contribution in [0.5, 0.6) is 0 Å². The lowest BCUT2D eigenvalue weighted by molar-refractivity contribution is 0.800. The fourth-order valence-corrected chi connectivity index (χ4v) is 11.2. The van der Waals surface area contributed by atoms with Gasteiger partial charge in [0.15, 0.2) is 0 Å². The maximum absolute atomic E-state index is 2.49. The van der Waals surface area contributed by atoms with Crippen molar-refractivity contribution >= 4 is 55.7 Å². The molecule has 304 valence electrons. The fourth-order valence-electron chi connectivity index (χ4n) is 11.2. The molecule has 0 saturated carbocycles. The molecule has 0 fully saturated rings. The standard InChI is InChI=1S/C63H42N2/c1-3-21-46(22-4-1)64(48-39-36-45(37-40-48)52-31-15-20-43-18-7-9-27-51(43)52)49-25-16-26-50(42-49)65(47-23-5-2-6-24-47)60-35-17-32-56-54-29-11-13-33-58(54)63(62(56)60)59-34-14-12-30-55(59)57-41-38-44-19-8-10-28-53(44)61(57)63/h1-42H. The highest BCUT2D eigenvalue weighted by atomic mass is 15.2. The van der Waals surface area contributed by atoms with Crippen molar-refractivity contribution in [1.29, 1.82) is 0 Å². The Morgan fingerprint density at radius 1 is 0.262 bits per heavy atom. The highest BCUT2D eigenvalue weighted by molar-refractivity contribution is 6.06. The van der Waals surface area contributed by atoms with Crippen LogP contribution in [0.2, 0.25) is 0 Å². The molecule has 0 amide bonds. The van der Waals surface area contributed by atoms with Gasteiger partial charge < -0.3 is 9.80 Å².